The summed E-state index contributed by atoms with van der Waals surface area (Å²) >= 11 is 5.04. The molecule has 4 rings (SSSR count). The van der Waals surface area contributed by atoms with Crippen LogP contribution in [0.5, 0.6) is 5.75 Å². The summed E-state index contributed by atoms with van der Waals surface area (Å²) in [6, 6.07) is 12.1. The third-order valence-electron chi connectivity index (χ3n) is 3.93. The van der Waals surface area contributed by atoms with E-state index in [-0.39, 0.29) is 11.1 Å². The highest BCUT2D eigenvalue weighted by Crippen LogP contribution is 2.41. The smallest absolute Gasteiger partial charge is 0.269 e. The van der Waals surface area contributed by atoms with E-state index in [1.54, 1.807) is 19.2 Å². The highest BCUT2D eigenvalue weighted by atomic mass is 79.9. The number of aromatic nitrogens is 3. The first-order valence-electron chi connectivity index (χ1n) is 7.53. The van der Waals surface area contributed by atoms with Gasteiger partial charge in [-0.25, -0.2) is 4.68 Å². The number of nitrogens with zero attached hydrogens (tertiary/aromatic N) is 4. The van der Waals surface area contributed by atoms with Gasteiger partial charge >= 0.3 is 0 Å². The molecule has 2 aromatic carbocycles. The van der Waals surface area contributed by atoms with E-state index in [2.05, 4.69) is 31.6 Å². The molecule has 1 aliphatic heterocycles. The molecule has 0 amide bonds. The third-order valence-corrected chi connectivity index (χ3v) is 5.67. The number of thioether (sulfide) groups is 1. The van der Waals surface area contributed by atoms with Gasteiger partial charge in [-0.1, -0.05) is 11.8 Å². The molecule has 0 spiro atoms. The summed E-state index contributed by atoms with van der Waals surface area (Å²) in [6.45, 7) is 0. The number of hydrogen-bond acceptors (Lipinski definition) is 7. The molecule has 0 aliphatic carbocycles. The highest BCUT2D eigenvalue weighted by molar-refractivity contribution is 9.10. The summed E-state index contributed by atoms with van der Waals surface area (Å²) in [7, 11) is 1.61. The number of non-ortho nitro benzene ring substituents is 1. The van der Waals surface area contributed by atoms with Crippen molar-refractivity contribution in [2.24, 2.45) is 0 Å². The molecule has 0 saturated carbocycles. The van der Waals surface area contributed by atoms with Gasteiger partial charge in [0, 0.05) is 22.2 Å². The number of nitro benzene ring substituents is 1. The molecule has 0 bridgehead atoms. The fourth-order valence-corrected chi connectivity index (χ4v) is 4.13. The predicted octanol–water partition coefficient (Wildman–Crippen LogP) is 3.97. The molecular formula is C16H12BrN5O3S. The standard InChI is InChI=1S/C16H12BrN5O3S/c1-25-11-6-7-12(13(17)8-11)14-18-19-16-21(14)20-15(26-16)9-2-4-10(5-3-9)22(23)24/h2-8,15,20H,1H3. The fraction of sp³-hybridized carbons (Fsp3) is 0.125. The SMILES string of the molecule is COc1ccc(-c2nnc3n2NC(c2ccc([N+](=O)[O-])cc2)S3)c(Br)c1. The minimum atomic E-state index is -0.409. The lowest BCUT2D eigenvalue weighted by molar-refractivity contribution is -0.384. The van der Waals surface area contributed by atoms with E-state index >= 15 is 0 Å². The Kier molecular flexibility index (Phi) is 4.29. The molecule has 1 atom stereocenters. The Morgan fingerprint density at radius 2 is 2.04 bits per heavy atom. The van der Waals surface area contributed by atoms with Crippen LogP contribution in [0.25, 0.3) is 11.4 Å². The molecule has 1 unspecified atom stereocenters. The summed E-state index contributed by atoms with van der Waals surface area (Å²) in [5, 5.41) is 19.9. The van der Waals surface area contributed by atoms with Crippen molar-refractivity contribution in [3.63, 3.8) is 0 Å². The number of ether oxygens (including phenoxy) is 1. The summed E-state index contributed by atoms with van der Waals surface area (Å²) in [4.78, 5) is 10.4. The largest absolute Gasteiger partial charge is 0.497 e. The number of hydrogen-bond donors (Lipinski definition) is 1. The van der Waals surface area contributed by atoms with Crippen molar-refractivity contribution in [1.29, 1.82) is 0 Å². The van der Waals surface area contributed by atoms with Gasteiger partial charge in [-0.3, -0.25) is 10.1 Å². The van der Waals surface area contributed by atoms with Crippen LogP contribution in [0.15, 0.2) is 52.1 Å². The molecule has 10 heteroatoms. The molecule has 0 saturated heterocycles. The van der Waals surface area contributed by atoms with Crippen LogP contribution in [0.1, 0.15) is 10.9 Å². The van der Waals surface area contributed by atoms with Gasteiger partial charge < -0.3 is 10.2 Å². The number of nitrogens with one attached hydrogen (secondary N) is 1. The molecule has 1 aliphatic rings. The van der Waals surface area contributed by atoms with E-state index in [1.165, 1.54) is 23.9 Å². The summed E-state index contributed by atoms with van der Waals surface area (Å²) in [5.41, 5.74) is 5.20. The fourth-order valence-electron chi connectivity index (χ4n) is 2.60. The summed E-state index contributed by atoms with van der Waals surface area (Å²) < 4.78 is 7.89. The number of nitro groups is 1. The monoisotopic (exact) mass is 433 g/mol. The number of methoxy groups -OCH3 is 1. The van der Waals surface area contributed by atoms with Crippen molar-refractivity contribution in [2.45, 2.75) is 10.5 Å². The first-order valence-corrected chi connectivity index (χ1v) is 9.21. The second-order valence-corrected chi connectivity index (χ2v) is 7.39. The van der Waals surface area contributed by atoms with E-state index in [4.69, 9.17) is 4.74 Å². The zero-order valence-electron chi connectivity index (χ0n) is 13.4. The molecule has 0 fully saturated rings. The Morgan fingerprint density at radius 1 is 1.27 bits per heavy atom. The molecule has 132 valence electrons. The van der Waals surface area contributed by atoms with E-state index in [0.717, 1.165) is 26.5 Å². The van der Waals surface area contributed by atoms with Crippen molar-refractivity contribution >= 4 is 33.4 Å². The van der Waals surface area contributed by atoms with Gasteiger partial charge in [0.25, 0.3) is 5.69 Å². The minimum Gasteiger partial charge on any atom is -0.497 e. The first-order chi connectivity index (χ1) is 12.6. The van der Waals surface area contributed by atoms with E-state index in [9.17, 15) is 10.1 Å². The first kappa shape index (κ1) is 16.9. The van der Waals surface area contributed by atoms with E-state index in [1.807, 2.05) is 22.9 Å². The van der Waals surface area contributed by atoms with E-state index < -0.39 is 4.92 Å². The van der Waals surface area contributed by atoms with Gasteiger partial charge in [-0.15, -0.1) is 10.2 Å². The Bertz CT molecular complexity index is 992. The molecule has 1 aromatic heterocycles. The third kappa shape index (κ3) is 2.90. The second-order valence-electron chi connectivity index (χ2n) is 5.46. The molecule has 8 nitrogen and oxygen atoms in total. The number of rotatable bonds is 4. The molecule has 1 N–H and O–H groups in total. The molecule has 26 heavy (non-hydrogen) atoms. The predicted molar refractivity (Wildman–Crippen MR) is 101 cm³/mol. The molecule has 3 aromatic rings. The topological polar surface area (TPSA) is 95.1 Å². The van der Waals surface area contributed by atoms with Crippen molar-refractivity contribution in [1.82, 2.24) is 14.9 Å². The molecule has 0 radical (unpaired) electrons. The zero-order chi connectivity index (χ0) is 18.3. The van der Waals surface area contributed by atoms with Crippen molar-refractivity contribution < 1.29 is 9.66 Å². The van der Waals surface area contributed by atoms with Crippen molar-refractivity contribution in [2.75, 3.05) is 12.5 Å². The maximum absolute atomic E-state index is 10.8. The van der Waals surface area contributed by atoms with Crippen molar-refractivity contribution in [3.05, 3.63) is 62.6 Å². The average Bonchev–Trinajstić information content (AvgIpc) is 3.22. The number of fused-ring (bicyclic) bond motifs is 1. The average molecular weight is 434 g/mol. The second kappa shape index (κ2) is 6.61. The maximum atomic E-state index is 10.8. The van der Waals surface area contributed by atoms with Crippen LogP contribution < -0.4 is 10.2 Å². The lowest BCUT2D eigenvalue weighted by atomic mass is 10.2. The highest BCUT2D eigenvalue weighted by Gasteiger charge is 2.29. The normalized spacial score (nSPS) is 15.4. The molecule has 2 heterocycles. The summed E-state index contributed by atoms with van der Waals surface area (Å²) in [5.74, 6) is 1.42. The van der Waals surface area contributed by atoms with Crippen molar-refractivity contribution in [3.8, 4) is 17.1 Å². The molecular weight excluding hydrogens is 422 g/mol. The van der Waals surface area contributed by atoms with Gasteiger partial charge in [0.1, 0.15) is 11.1 Å². The van der Waals surface area contributed by atoms with Crippen LogP contribution >= 0.6 is 27.7 Å². The van der Waals surface area contributed by atoms with Gasteiger partial charge in [0.15, 0.2) is 5.82 Å². The Labute approximate surface area is 160 Å². The van der Waals surface area contributed by atoms with Gasteiger partial charge in [0.05, 0.1) is 12.0 Å². The zero-order valence-corrected chi connectivity index (χ0v) is 15.8. The van der Waals surface area contributed by atoms with Crippen LogP contribution in [0.2, 0.25) is 0 Å². The van der Waals surface area contributed by atoms with Crippen LogP contribution in [-0.2, 0) is 0 Å². The van der Waals surface area contributed by atoms with Crippen LogP contribution in [-0.4, -0.2) is 26.9 Å². The number of halogens is 1. The van der Waals surface area contributed by atoms with Crippen LogP contribution in [0.4, 0.5) is 5.69 Å². The van der Waals surface area contributed by atoms with Gasteiger partial charge in [0.2, 0.25) is 5.16 Å². The summed E-state index contributed by atoms with van der Waals surface area (Å²) in [6.07, 6.45) is 0. The Balaban J connectivity index is 1.62. The quantitative estimate of drug-likeness (QED) is 0.490. The Hall–Kier alpha value is -2.59. The van der Waals surface area contributed by atoms with Crippen LogP contribution in [0, 0.1) is 10.1 Å². The lowest BCUT2D eigenvalue weighted by Gasteiger charge is -2.12. The lowest BCUT2D eigenvalue weighted by Crippen LogP contribution is -2.14. The maximum Gasteiger partial charge on any atom is 0.269 e. The van der Waals surface area contributed by atoms with Gasteiger partial charge in [-0.2, -0.15) is 0 Å². The minimum absolute atomic E-state index is 0.0685. The number of benzene rings is 2. The van der Waals surface area contributed by atoms with E-state index in [0.29, 0.717) is 5.82 Å². The Morgan fingerprint density at radius 3 is 2.69 bits per heavy atom. The van der Waals surface area contributed by atoms with Gasteiger partial charge in [-0.05, 0) is 51.8 Å². The van der Waals surface area contributed by atoms with Crippen LogP contribution in [0.3, 0.4) is 0 Å².